The molecule has 1 aliphatic carbocycles. The minimum Gasteiger partial charge on any atom is -0.484 e. The van der Waals surface area contributed by atoms with Gasteiger partial charge >= 0.3 is 0 Å². The molecule has 5 heteroatoms. The van der Waals surface area contributed by atoms with E-state index in [9.17, 15) is 4.79 Å². The van der Waals surface area contributed by atoms with Crippen molar-refractivity contribution in [2.45, 2.75) is 25.3 Å². The van der Waals surface area contributed by atoms with Crippen molar-refractivity contribution in [1.29, 1.82) is 0 Å². The molecular weight excluding hydrogens is 336 g/mol. The summed E-state index contributed by atoms with van der Waals surface area (Å²) in [5.41, 5.74) is 3.60. The van der Waals surface area contributed by atoms with Crippen LogP contribution in [0.3, 0.4) is 0 Å². The fraction of sp³-hybridized carbons (Fsp3) is 0.250. The molecule has 0 saturated heterocycles. The third-order valence-electron chi connectivity index (χ3n) is 4.63. The van der Waals surface area contributed by atoms with Gasteiger partial charge in [-0.3, -0.25) is 4.79 Å². The fourth-order valence-corrected chi connectivity index (χ4v) is 3.63. The molecule has 0 spiro atoms. The van der Waals surface area contributed by atoms with E-state index in [4.69, 9.17) is 16.3 Å². The quantitative estimate of drug-likeness (QED) is 0.747. The topological polar surface area (TPSA) is 54.1 Å². The summed E-state index contributed by atoms with van der Waals surface area (Å²) in [6.07, 6.45) is 2.67. The molecule has 128 valence electrons. The Morgan fingerprint density at radius 1 is 1.24 bits per heavy atom. The van der Waals surface area contributed by atoms with Gasteiger partial charge < -0.3 is 15.0 Å². The Kier molecular flexibility index (Phi) is 4.36. The second-order valence-corrected chi connectivity index (χ2v) is 6.82. The molecule has 1 aromatic heterocycles. The molecule has 2 N–H and O–H groups in total. The molecule has 0 saturated carbocycles. The van der Waals surface area contributed by atoms with Gasteiger partial charge in [-0.25, -0.2) is 0 Å². The zero-order chi connectivity index (χ0) is 17.2. The Morgan fingerprint density at radius 3 is 2.92 bits per heavy atom. The largest absolute Gasteiger partial charge is 0.484 e. The lowest BCUT2D eigenvalue weighted by atomic mass is 9.91. The maximum atomic E-state index is 12.2. The predicted molar refractivity (Wildman–Crippen MR) is 99.2 cm³/mol. The van der Waals surface area contributed by atoms with E-state index in [1.54, 1.807) is 0 Å². The number of carbonyl (C=O) groups is 1. The number of benzene rings is 2. The number of H-pyrrole nitrogens is 1. The van der Waals surface area contributed by atoms with Gasteiger partial charge in [0.2, 0.25) is 0 Å². The van der Waals surface area contributed by atoms with Gasteiger partial charge in [-0.05, 0) is 49.1 Å². The van der Waals surface area contributed by atoms with Crippen molar-refractivity contribution in [3.8, 4) is 5.75 Å². The zero-order valence-electron chi connectivity index (χ0n) is 13.7. The molecule has 1 amide bonds. The van der Waals surface area contributed by atoms with Gasteiger partial charge in [-0.15, -0.1) is 0 Å². The molecule has 0 aliphatic heterocycles. The average molecular weight is 355 g/mol. The number of aromatic amines is 1. The van der Waals surface area contributed by atoms with Crippen molar-refractivity contribution < 1.29 is 9.53 Å². The number of carbonyl (C=O) groups excluding carboxylic acids is 1. The van der Waals surface area contributed by atoms with Crippen LogP contribution in [0.15, 0.2) is 48.5 Å². The van der Waals surface area contributed by atoms with Gasteiger partial charge in [0.15, 0.2) is 6.61 Å². The highest BCUT2D eigenvalue weighted by molar-refractivity contribution is 6.31. The second-order valence-electron chi connectivity index (χ2n) is 6.38. The maximum Gasteiger partial charge on any atom is 0.258 e. The molecule has 25 heavy (non-hydrogen) atoms. The lowest BCUT2D eigenvalue weighted by Gasteiger charge is -2.23. The van der Waals surface area contributed by atoms with Crippen LogP contribution in [0.25, 0.3) is 10.9 Å². The van der Waals surface area contributed by atoms with Gasteiger partial charge in [0.25, 0.3) is 5.91 Å². The number of rotatable bonds is 4. The second kappa shape index (κ2) is 6.81. The number of aromatic nitrogens is 1. The fourth-order valence-electron chi connectivity index (χ4n) is 3.46. The van der Waals surface area contributed by atoms with E-state index in [1.165, 1.54) is 16.6 Å². The van der Waals surface area contributed by atoms with E-state index in [1.807, 2.05) is 42.5 Å². The highest BCUT2D eigenvalue weighted by atomic mass is 35.5. The van der Waals surface area contributed by atoms with Crippen LogP contribution in [0.4, 0.5) is 0 Å². The number of para-hydroxylation sites is 1. The third kappa shape index (κ3) is 3.49. The maximum absolute atomic E-state index is 12.2. The Balaban J connectivity index is 1.40. The number of hydrogen-bond acceptors (Lipinski definition) is 2. The van der Waals surface area contributed by atoms with E-state index >= 15 is 0 Å². The predicted octanol–water partition coefficient (Wildman–Crippen LogP) is 3.87. The molecule has 1 aliphatic rings. The number of ether oxygens (including phenoxy) is 1. The summed E-state index contributed by atoms with van der Waals surface area (Å²) in [4.78, 5) is 15.6. The van der Waals surface area contributed by atoms with Gasteiger partial charge in [-0.2, -0.15) is 0 Å². The molecule has 1 heterocycles. The Labute approximate surface area is 151 Å². The number of amides is 1. The SMILES string of the molecule is O=C(COc1ccccc1)NC1CCc2[nH]c3cc(Cl)ccc3c2C1. The molecule has 4 nitrogen and oxygen atoms in total. The van der Waals surface area contributed by atoms with E-state index in [0.717, 1.165) is 29.8 Å². The van der Waals surface area contributed by atoms with Crippen LogP contribution in [0.5, 0.6) is 5.75 Å². The van der Waals surface area contributed by atoms with Crippen molar-refractivity contribution >= 4 is 28.4 Å². The molecule has 1 unspecified atom stereocenters. The number of hydrogen-bond donors (Lipinski definition) is 2. The molecular formula is C20H19ClN2O2. The first-order valence-corrected chi connectivity index (χ1v) is 8.83. The molecule has 1 atom stereocenters. The van der Waals surface area contributed by atoms with Crippen LogP contribution in [0, 0.1) is 0 Å². The summed E-state index contributed by atoms with van der Waals surface area (Å²) in [7, 11) is 0. The summed E-state index contributed by atoms with van der Waals surface area (Å²) in [6, 6.07) is 15.4. The van der Waals surface area contributed by atoms with Gasteiger partial charge in [0.1, 0.15) is 5.75 Å². The normalized spacial score (nSPS) is 16.4. The Bertz CT molecular complexity index is 905. The monoisotopic (exact) mass is 354 g/mol. The van der Waals surface area contributed by atoms with Crippen LogP contribution in [0.1, 0.15) is 17.7 Å². The first kappa shape index (κ1) is 16.0. The molecule has 0 radical (unpaired) electrons. The Hall–Kier alpha value is -2.46. The van der Waals surface area contributed by atoms with E-state index in [2.05, 4.69) is 16.4 Å². The van der Waals surface area contributed by atoms with Gasteiger partial charge in [0, 0.05) is 27.7 Å². The Morgan fingerprint density at radius 2 is 2.08 bits per heavy atom. The lowest BCUT2D eigenvalue weighted by molar-refractivity contribution is -0.123. The lowest BCUT2D eigenvalue weighted by Crippen LogP contribution is -2.41. The first-order valence-electron chi connectivity index (χ1n) is 8.45. The summed E-state index contributed by atoms with van der Waals surface area (Å²) in [5, 5.41) is 5.02. The molecule has 0 fully saturated rings. The highest BCUT2D eigenvalue weighted by Crippen LogP contribution is 2.30. The molecule has 4 rings (SSSR count). The van der Waals surface area contributed by atoms with Gasteiger partial charge in [0.05, 0.1) is 0 Å². The smallest absolute Gasteiger partial charge is 0.258 e. The summed E-state index contributed by atoms with van der Waals surface area (Å²) in [5.74, 6) is 0.622. The van der Waals surface area contributed by atoms with Crippen molar-refractivity contribution in [1.82, 2.24) is 10.3 Å². The van der Waals surface area contributed by atoms with Gasteiger partial charge in [-0.1, -0.05) is 35.9 Å². The van der Waals surface area contributed by atoms with Crippen molar-refractivity contribution in [2.75, 3.05) is 6.61 Å². The number of halogens is 1. The number of nitrogens with one attached hydrogen (secondary N) is 2. The molecule has 3 aromatic rings. The van der Waals surface area contributed by atoms with Crippen LogP contribution < -0.4 is 10.1 Å². The van der Waals surface area contributed by atoms with Crippen LogP contribution in [-0.4, -0.2) is 23.5 Å². The summed E-state index contributed by atoms with van der Waals surface area (Å²) in [6.45, 7) is 0.0386. The molecule has 2 aromatic carbocycles. The minimum absolute atomic E-state index is 0.0386. The number of fused-ring (bicyclic) bond motifs is 3. The van der Waals surface area contributed by atoms with Crippen LogP contribution in [-0.2, 0) is 17.6 Å². The minimum atomic E-state index is -0.0832. The standard InChI is InChI=1S/C20H19ClN2O2/c21-13-6-8-16-17-11-14(7-9-18(17)23-19(16)10-13)22-20(24)12-25-15-4-2-1-3-5-15/h1-6,8,10,14,23H,7,9,11-12H2,(H,22,24). The van der Waals surface area contributed by atoms with Crippen LogP contribution in [0.2, 0.25) is 5.02 Å². The average Bonchev–Trinajstić information content (AvgIpc) is 2.97. The molecule has 0 bridgehead atoms. The summed E-state index contributed by atoms with van der Waals surface area (Å²) < 4.78 is 5.51. The highest BCUT2D eigenvalue weighted by Gasteiger charge is 2.23. The van der Waals surface area contributed by atoms with E-state index < -0.39 is 0 Å². The first-order chi connectivity index (χ1) is 12.2. The van der Waals surface area contributed by atoms with Crippen molar-refractivity contribution in [3.05, 3.63) is 64.8 Å². The number of aryl methyl sites for hydroxylation is 1. The third-order valence-corrected chi connectivity index (χ3v) is 4.86. The van der Waals surface area contributed by atoms with Crippen molar-refractivity contribution in [3.63, 3.8) is 0 Å². The van der Waals surface area contributed by atoms with E-state index in [0.29, 0.717) is 5.75 Å². The van der Waals surface area contributed by atoms with E-state index in [-0.39, 0.29) is 18.6 Å². The van der Waals surface area contributed by atoms with Crippen molar-refractivity contribution in [2.24, 2.45) is 0 Å². The zero-order valence-corrected chi connectivity index (χ0v) is 14.5. The summed E-state index contributed by atoms with van der Waals surface area (Å²) >= 11 is 6.07. The van der Waals surface area contributed by atoms with Crippen LogP contribution >= 0.6 is 11.6 Å².